The van der Waals surface area contributed by atoms with E-state index in [2.05, 4.69) is 9.98 Å². The standard InChI is InChI=1S/C19H16ClN3O2S2/c1-2-25-9-8-23-17-13(20)4-3-5-15(17)27-19(23)22-18(24)12-6-7-14-16(10-12)26-11-21-14/h3-7,10-11H,2,8-9H2,1H3. The number of nitrogens with zero attached hydrogens (tertiary/aromatic N) is 3. The van der Waals surface area contributed by atoms with Crippen LogP contribution in [0.25, 0.3) is 20.4 Å². The monoisotopic (exact) mass is 417 g/mol. The molecule has 0 unspecified atom stereocenters. The summed E-state index contributed by atoms with van der Waals surface area (Å²) in [5.41, 5.74) is 4.09. The minimum absolute atomic E-state index is 0.280. The zero-order valence-corrected chi connectivity index (χ0v) is 16.9. The molecule has 5 nitrogen and oxygen atoms in total. The predicted octanol–water partition coefficient (Wildman–Crippen LogP) is 4.74. The molecule has 0 saturated heterocycles. The number of rotatable bonds is 5. The maximum Gasteiger partial charge on any atom is 0.279 e. The summed E-state index contributed by atoms with van der Waals surface area (Å²) in [6, 6.07) is 11.2. The molecule has 27 heavy (non-hydrogen) atoms. The second kappa shape index (κ2) is 7.90. The van der Waals surface area contributed by atoms with Gasteiger partial charge in [0.2, 0.25) is 0 Å². The zero-order valence-electron chi connectivity index (χ0n) is 14.5. The second-order valence-corrected chi connectivity index (χ2v) is 8.07. The first-order valence-corrected chi connectivity index (χ1v) is 10.5. The first kappa shape index (κ1) is 18.3. The van der Waals surface area contributed by atoms with Crippen LogP contribution >= 0.6 is 34.3 Å². The van der Waals surface area contributed by atoms with Gasteiger partial charge in [-0.2, -0.15) is 4.99 Å². The fraction of sp³-hybridized carbons (Fsp3) is 0.211. The summed E-state index contributed by atoms with van der Waals surface area (Å²) in [5, 5.41) is 0.639. The van der Waals surface area contributed by atoms with E-state index in [-0.39, 0.29) is 5.91 Å². The van der Waals surface area contributed by atoms with E-state index < -0.39 is 0 Å². The van der Waals surface area contributed by atoms with Crippen molar-refractivity contribution in [1.29, 1.82) is 0 Å². The van der Waals surface area contributed by atoms with Crippen molar-refractivity contribution in [2.45, 2.75) is 13.5 Å². The molecule has 0 spiro atoms. The highest BCUT2D eigenvalue weighted by molar-refractivity contribution is 7.17. The fourth-order valence-electron chi connectivity index (χ4n) is 2.82. The van der Waals surface area contributed by atoms with Crippen molar-refractivity contribution in [2.75, 3.05) is 13.2 Å². The third-order valence-corrected chi connectivity index (χ3v) is 6.23. The summed E-state index contributed by atoms with van der Waals surface area (Å²) in [6.07, 6.45) is 0. The molecule has 138 valence electrons. The maximum atomic E-state index is 12.8. The lowest BCUT2D eigenvalue weighted by Crippen LogP contribution is -2.20. The summed E-state index contributed by atoms with van der Waals surface area (Å²) in [5.74, 6) is -0.280. The molecule has 8 heteroatoms. The Morgan fingerprint density at radius 2 is 2.19 bits per heavy atom. The Bertz CT molecular complexity index is 1190. The van der Waals surface area contributed by atoms with E-state index in [9.17, 15) is 4.79 Å². The second-order valence-electron chi connectivity index (χ2n) is 5.77. The lowest BCUT2D eigenvalue weighted by molar-refractivity contribution is 0.0997. The van der Waals surface area contributed by atoms with Crippen LogP contribution in [0.1, 0.15) is 17.3 Å². The van der Waals surface area contributed by atoms with E-state index in [1.165, 1.54) is 22.7 Å². The minimum atomic E-state index is -0.280. The molecule has 0 N–H and O–H groups in total. The van der Waals surface area contributed by atoms with Crippen LogP contribution in [-0.2, 0) is 11.3 Å². The summed E-state index contributed by atoms with van der Waals surface area (Å²) >= 11 is 9.36. The van der Waals surface area contributed by atoms with Gasteiger partial charge in [-0.1, -0.05) is 29.0 Å². The van der Waals surface area contributed by atoms with E-state index in [4.69, 9.17) is 16.3 Å². The van der Waals surface area contributed by atoms with Gasteiger partial charge >= 0.3 is 0 Å². The van der Waals surface area contributed by atoms with E-state index in [1.54, 1.807) is 11.6 Å². The molecular weight excluding hydrogens is 402 g/mol. The molecule has 0 aliphatic heterocycles. The van der Waals surface area contributed by atoms with Gasteiger partial charge in [0, 0.05) is 18.7 Å². The summed E-state index contributed by atoms with van der Waals surface area (Å²) < 4.78 is 9.41. The molecule has 0 aliphatic carbocycles. The van der Waals surface area contributed by atoms with Crippen LogP contribution in [-0.4, -0.2) is 28.7 Å². The number of amides is 1. The molecule has 4 aromatic rings. The lowest BCUT2D eigenvalue weighted by Gasteiger charge is -2.06. The highest BCUT2D eigenvalue weighted by atomic mass is 35.5. The first-order chi connectivity index (χ1) is 13.2. The third kappa shape index (κ3) is 3.68. The van der Waals surface area contributed by atoms with Crippen molar-refractivity contribution in [3.63, 3.8) is 0 Å². The molecule has 0 fully saturated rings. The molecule has 1 amide bonds. The van der Waals surface area contributed by atoms with Gasteiger partial charge in [0.25, 0.3) is 5.91 Å². The number of thiazole rings is 2. The van der Waals surface area contributed by atoms with Gasteiger partial charge in [-0.3, -0.25) is 4.79 Å². The Morgan fingerprint density at radius 1 is 1.30 bits per heavy atom. The topological polar surface area (TPSA) is 56.5 Å². The molecule has 2 aromatic carbocycles. The number of carbonyl (C=O) groups is 1. The smallest absolute Gasteiger partial charge is 0.279 e. The summed E-state index contributed by atoms with van der Waals surface area (Å²) in [4.78, 5) is 22.0. The van der Waals surface area contributed by atoms with Gasteiger partial charge < -0.3 is 9.30 Å². The molecule has 0 saturated carbocycles. The number of hydrogen-bond donors (Lipinski definition) is 0. The van der Waals surface area contributed by atoms with Gasteiger partial charge in [-0.25, -0.2) is 4.98 Å². The molecule has 2 heterocycles. The van der Waals surface area contributed by atoms with Gasteiger partial charge in [0.05, 0.1) is 37.6 Å². The van der Waals surface area contributed by atoms with Crippen molar-refractivity contribution >= 4 is 60.6 Å². The Balaban J connectivity index is 1.79. The number of aromatic nitrogens is 2. The molecule has 0 radical (unpaired) electrons. The molecular formula is C19H16ClN3O2S2. The highest BCUT2D eigenvalue weighted by Gasteiger charge is 2.12. The maximum absolute atomic E-state index is 12.8. The molecule has 0 atom stereocenters. The third-order valence-electron chi connectivity index (χ3n) is 4.09. The number of fused-ring (bicyclic) bond motifs is 2. The van der Waals surface area contributed by atoms with Gasteiger partial charge in [-0.15, -0.1) is 11.3 Å². The SMILES string of the molecule is CCOCCn1c(=NC(=O)c2ccc3ncsc3c2)sc2cccc(Cl)c21. The summed E-state index contributed by atoms with van der Waals surface area (Å²) in [7, 11) is 0. The lowest BCUT2D eigenvalue weighted by atomic mass is 10.2. The van der Waals surface area contributed by atoms with E-state index in [0.717, 1.165) is 20.4 Å². The number of para-hydroxylation sites is 1. The quantitative estimate of drug-likeness (QED) is 0.440. The number of halogens is 1. The van der Waals surface area contributed by atoms with Gasteiger partial charge in [0.15, 0.2) is 4.80 Å². The van der Waals surface area contributed by atoms with Crippen molar-refractivity contribution in [3.8, 4) is 0 Å². The van der Waals surface area contributed by atoms with Crippen LogP contribution in [0.3, 0.4) is 0 Å². The largest absolute Gasteiger partial charge is 0.380 e. The Kier molecular flexibility index (Phi) is 5.36. The zero-order chi connectivity index (χ0) is 18.8. The first-order valence-electron chi connectivity index (χ1n) is 8.45. The molecule has 2 aromatic heterocycles. The van der Waals surface area contributed by atoms with Crippen molar-refractivity contribution < 1.29 is 9.53 Å². The van der Waals surface area contributed by atoms with Crippen molar-refractivity contribution in [3.05, 3.63) is 57.3 Å². The van der Waals surface area contributed by atoms with Crippen molar-refractivity contribution in [2.24, 2.45) is 4.99 Å². The van der Waals surface area contributed by atoms with Crippen LogP contribution in [0, 0.1) is 0 Å². The van der Waals surface area contributed by atoms with Crippen LogP contribution < -0.4 is 4.80 Å². The number of ether oxygens (including phenoxy) is 1. The average molecular weight is 418 g/mol. The van der Waals surface area contributed by atoms with E-state index >= 15 is 0 Å². The average Bonchev–Trinajstić information content (AvgIpc) is 3.26. The fourth-order valence-corrected chi connectivity index (χ4v) is 4.95. The van der Waals surface area contributed by atoms with Crippen LogP contribution in [0.4, 0.5) is 0 Å². The molecule has 0 bridgehead atoms. The number of carbonyl (C=O) groups excluding carboxylic acids is 1. The van der Waals surface area contributed by atoms with E-state index in [0.29, 0.717) is 35.1 Å². The number of hydrogen-bond acceptors (Lipinski definition) is 5. The van der Waals surface area contributed by atoms with Gasteiger partial charge in [0.1, 0.15) is 0 Å². The normalized spacial score (nSPS) is 12.3. The Hall–Kier alpha value is -2.06. The van der Waals surface area contributed by atoms with Crippen LogP contribution in [0.2, 0.25) is 5.02 Å². The minimum Gasteiger partial charge on any atom is -0.380 e. The van der Waals surface area contributed by atoms with Gasteiger partial charge in [-0.05, 0) is 37.3 Å². The molecule has 4 rings (SSSR count). The van der Waals surface area contributed by atoms with Crippen molar-refractivity contribution in [1.82, 2.24) is 9.55 Å². The molecule has 0 aliphatic rings. The highest BCUT2D eigenvalue weighted by Crippen LogP contribution is 2.25. The Labute approximate surface area is 168 Å². The Morgan fingerprint density at radius 3 is 3.04 bits per heavy atom. The van der Waals surface area contributed by atoms with Crippen LogP contribution in [0.15, 0.2) is 46.9 Å². The predicted molar refractivity (Wildman–Crippen MR) is 111 cm³/mol. The van der Waals surface area contributed by atoms with E-state index in [1.807, 2.05) is 41.8 Å². The van der Waals surface area contributed by atoms with Crippen LogP contribution in [0.5, 0.6) is 0 Å². The summed E-state index contributed by atoms with van der Waals surface area (Å²) in [6.45, 7) is 3.70. The number of benzene rings is 2.